The number of hydrogen-bond acceptors (Lipinski definition) is 1. The standard InChI is InChI=1S/C14H26O/c1-7-14(5,6)13(15)12(4)10-8-9-11(2)3/h7,9,12-13,15H,1,8,10H2,2-6H3. The quantitative estimate of drug-likeness (QED) is 0.658. The van der Waals surface area contributed by atoms with Crippen LogP contribution in [0.1, 0.15) is 47.5 Å². The van der Waals surface area contributed by atoms with Crippen molar-refractivity contribution in [1.82, 2.24) is 0 Å². The molecular formula is C14H26O. The molecule has 0 fully saturated rings. The van der Waals surface area contributed by atoms with Gasteiger partial charge < -0.3 is 5.11 Å². The van der Waals surface area contributed by atoms with Crippen molar-refractivity contribution in [3.05, 3.63) is 24.3 Å². The second-order valence-electron chi connectivity index (χ2n) is 5.31. The molecule has 1 nitrogen and oxygen atoms in total. The van der Waals surface area contributed by atoms with E-state index in [9.17, 15) is 5.11 Å². The predicted molar refractivity (Wildman–Crippen MR) is 67.8 cm³/mol. The van der Waals surface area contributed by atoms with Crippen molar-refractivity contribution in [1.29, 1.82) is 0 Å². The van der Waals surface area contributed by atoms with Crippen molar-refractivity contribution in [2.45, 2.75) is 53.6 Å². The average molecular weight is 210 g/mol. The van der Waals surface area contributed by atoms with Gasteiger partial charge in [-0.15, -0.1) is 6.58 Å². The summed E-state index contributed by atoms with van der Waals surface area (Å²) in [4.78, 5) is 0. The van der Waals surface area contributed by atoms with Crippen molar-refractivity contribution in [2.75, 3.05) is 0 Å². The van der Waals surface area contributed by atoms with Crippen LogP contribution in [0.25, 0.3) is 0 Å². The van der Waals surface area contributed by atoms with Gasteiger partial charge in [0.15, 0.2) is 0 Å². The average Bonchev–Trinajstić information content (AvgIpc) is 2.15. The van der Waals surface area contributed by atoms with Gasteiger partial charge in [-0.3, -0.25) is 0 Å². The monoisotopic (exact) mass is 210 g/mol. The van der Waals surface area contributed by atoms with Crippen LogP contribution in [0.5, 0.6) is 0 Å². The topological polar surface area (TPSA) is 20.2 Å². The molecule has 0 spiro atoms. The zero-order chi connectivity index (χ0) is 12.1. The minimum atomic E-state index is -0.305. The number of aliphatic hydroxyl groups excluding tert-OH is 1. The Kier molecular flexibility index (Phi) is 5.89. The number of allylic oxidation sites excluding steroid dienone is 2. The maximum Gasteiger partial charge on any atom is 0.0651 e. The van der Waals surface area contributed by atoms with Crippen LogP contribution < -0.4 is 0 Å². The van der Waals surface area contributed by atoms with E-state index in [4.69, 9.17) is 0 Å². The molecule has 0 aliphatic carbocycles. The fourth-order valence-electron chi connectivity index (χ4n) is 1.65. The Morgan fingerprint density at radius 1 is 1.40 bits per heavy atom. The lowest BCUT2D eigenvalue weighted by Crippen LogP contribution is -2.33. The Hall–Kier alpha value is -0.560. The van der Waals surface area contributed by atoms with Crippen LogP contribution in [-0.4, -0.2) is 11.2 Å². The molecule has 0 saturated heterocycles. The maximum atomic E-state index is 10.1. The van der Waals surface area contributed by atoms with Crippen molar-refractivity contribution >= 4 is 0 Å². The Bertz CT molecular complexity index is 221. The molecule has 0 bridgehead atoms. The highest BCUT2D eigenvalue weighted by Crippen LogP contribution is 2.29. The van der Waals surface area contributed by atoms with Crippen LogP contribution in [0, 0.1) is 11.3 Å². The molecule has 0 aromatic heterocycles. The molecule has 88 valence electrons. The molecule has 1 N–H and O–H groups in total. The predicted octanol–water partition coefficient (Wildman–Crippen LogP) is 3.94. The Labute approximate surface area is 94.9 Å². The minimum Gasteiger partial charge on any atom is -0.392 e. The first-order chi connectivity index (χ1) is 6.81. The van der Waals surface area contributed by atoms with E-state index in [1.165, 1.54) is 5.57 Å². The van der Waals surface area contributed by atoms with Crippen LogP contribution in [0.3, 0.4) is 0 Å². The lowest BCUT2D eigenvalue weighted by Gasteiger charge is -2.31. The van der Waals surface area contributed by atoms with Gasteiger partial charge in [0.25, 0.3) is 0 Å². The van der Waals surface area contributed by atoms with E-state index in [-0.39, 0.29) is 11.5 Å². The lowest BCUT2D eigenvalue weighted by molar-refractivity contribution is 0.0316. The summed E-state index contributed by atoms with van der Waals surface area (Å²) in [5.41, 5.74) is 1.16. The highest BCUT2D eigenvalue weighted by atomic mass is 16.3. The third kappa shape index (κ3) is 5.17. The first-order valence-corrected chi connectivity index (χ1v) is 5.76. The van der Waals surface area contributed by atoms with Gasteiger partial charge in [0.1, 0.15) is 0 Å². The number of aliphatic hydroxyl groups is 1. The molecule has 0 aromatic carbocycles. The molecule has 0 heterocycles. The van der Waals surface area contributed by atoms with Gasteiger partial charge in [-0.05, 0) is 32.6 Å². The van der Waals surface area contributed by atoms with Gasteiger partial charge in [0, 0.05) is 5.41 Å². The zero-order valence-corrected chi connectivity index (χ0v) is 10.9. The third-order valence-corrected chi connectivity index (χ3v) is 3.00. The summed E-state index contributed by atoms with van der Waals surface area (Å²) < 4.78 is 0. The fourth-order valence-corrected chi connectivity index (χ4v) is 1.65. The molecule has 0 aliphatic rings. The third-order valence-electron chi connectivity index (χ3n) is 3.00. The van der Waals surface area contributed by atoms with Gasteiger partial charge in [-0.2, -0.15) is 0 Å². The normalized spacial score (nSPS) is 15.6. The fraction of sp³-hybridized carbons (Fsp3) is 0.714. The van der Waals surface area contributed by atoms with Crippen molar-refractivity contribution < 1.29 is 5.11 Å². The van der Waals surface area contributed by atoms with E-state index in [2.05, 4.69) is 33.4 Å². The Morgan fingerprint density at radius 3 is 2.33 bits per heavy atom. The van der Waals surface area contributed by atoms with Gasteiger partial charge >= 0.3 is 0 Å². The van der Waals surface area contributed by atoms with Gasteiger partial charge in [-0.1, -0.05) is 38.5 Å². The van der Waals surface area contributed by atoms with E-state index < -0.39 is 0 Å². The second-order valence-corrected chi connectivity index (χ2v) is 5.31. The Balaban J connectivity index is 4.16. The summed E-state index contributed by atoms with van der Waals surface area (Å²) in [5, 5.41) is 10.1. The summed E-state index contributed by atoms with van der Waals surface area (Å²) in [7, 11) is 0. The van der Waals surface area contributed by atoms with Crippen LogP contribution in [0.4, 0.5) is 0 Å². The first-order valence-electron chi connectivity index (χ1n) is 5.76. The van der Waals surface area contributed by atoms with Crippen molar-refractivity contribution in [3.8, 4) is 0 Å². The minimum absolute atomic E-state index is 0.190. The van der Waals surface area contributed by atoms with Gasteiger partial charge in [0.05, 0.1) is 6.10 Å². The van der Waals surface area contributed by atoms with E-state index in [0.717, 1.165) is 12.8 Å². The summed E-state index contributed by atoms with van der Waals surface area (Å²) in [5.74, 6) is 0.314. The van der Waals surface area contributed by atoms with Gasteiger partial charge in [-0.25, -0.2) is 0 Å². The highest BCUT2D eigenvalue weighted by Gasteiger charge is 2.28. The van der Waals surface area contributed by atoms with Crippen LogP contribution in [0.15, 0.2) is 24.3 Å². The molecule has 1 heteroatoms. The van der Waals surface area contributed by atoms with Crippen LogP contribution in [0.2, 0.25) is 0 Å². The zero-order valence-electron chi connectivity index (χ0n) is 10.9. The van der Waals surface area contributed by atoms with Crippen LogP contribution >= 0.6 is 0 Å². The molecule has 15 heavy (non-hydrogen) atoms. The smallest absolute Gasteiger partial charge is 0.0651 e. The second kappa shape index (κ2) is 6.12. The molecule has 0 radical (unpaired) electrons. The Morgan fingerprint density at radius 2 is 1.93 bits per heavy atom. The molecule has 2 unspecified atom stereocenters. The maximum absolute atomic E-state index is 10.1. The molecule has 0 aliphatic heterocycles. The summed E-state index contributed by atoms with van der Waals surface area (Å²) in [6, 6.07) is 0. The highest BCUT2D eigenvalue weighted by molar-refractivity contribution is 4.97. The van der Waals surface area contributed by atoms with E-state index in [1.54, 1.807) is 0 Å². The van der Waals surface area contributed by atoms with E-state index in [0.29, 0.717) is 5.92 Å². The van der Waals surface area contributed by atoms with E-state index in [1.807, 2.05) is 19.9 Å². The van der Waals surface area contributed by atoms with Crippen LogP contribution in [-0.2, 0) is 0 Å². The molecule has 2 atom stereocenters. The summed E-state index contributed by atoms with van der Waals surface area (Å²) >= 11 is 0. The molecule has 0 amide bonds. The largest absolute Gasteiger partial charge is 0.392 e. The van der Waals surface area contributed by atoms with Gasteiger partial charge in [0.2, 0.25) is 0 Å². The summed E-state index contributed by atoms with van der Waals surface area (Å²) in [6.07, 6.45) is 5.84. The molecular weight excluding hydrogens is 184 g/mol. The lowest BCUT2D eigenvalue weighted by atomic mass is 9.79. The number of rotatable bonds is 6. The van der Waals surface area contributed by atoms with E-state index >= 15 is 0 Å². The number of hydrogen-bond donors (Lipinski definition) is 1. The summed E-state index contributed by atoms with van der Waals surface area (Å²) in [6.45, 7) is 14.1. The van der Waals surface area contributed by atoms with Crippen molar-refractivity contribution in [2.24, 2.45) is 11.3 Å². The first kappa shape index (κ1) is 14.4. The molecule has 0 saturated carbocycles. The van der Waals surface area contributed by atoms with Crippen molar-refractivity contribution in [3.63, 3.8) is 0 Å². The molecule has 0 aromatic rings. The molecule has 0 rings (SSSR count). The SMILES string of the molecule is C=CC(C)(C)C(O)C(C)CCC=C(C)C.